The van der Waals surface area contributed by atoms with Crippen LogP contribution in [-0.2, 0) is 16.1 Å². The molecule has 1 atom stereocenters. The Morgan fingerprint density at radius 1 is 1.56 bits per heavy atom. The topological polar surface area (TPSA) is 69.6 Å². The Hall–Kier alpha value is -1.40. The van der Waals surface area contributed by atoms with Gasteiger partial charge in [-0.2, -0.15) is 0 Å². The van der Waals surface area contributed by atoms with Gasteiger partial charge >= 0.3 is 5.97 Å². The van der Waals surface area contributed by atoms with E-state index in [9.17, 15) is 9.59 Å². The third-order valence-electron chi connectivity index (χ3n) is 3.04. The van der Waals surface area contributed by atoms with E-state index in [2.05, 4.69) is 5.32 Å². The molecule has 1 aromatic rings. The zero-order valence-electron chi connectivity index (χ0n) is 9.96. The van der Waals surface area contributed by atoms with Gasteiger partial charge in [0.25, 0.3) is 0 Å². The van der Waals surface area contributed by atoms with Crippen molar-refractivity contribution in [3.05, 3.63) is 22.4 Å². The second-order valence-electron chi connectivity index (χ2n) is 4.32. The van der Waals surface area contributed by atoms with Crippen LogP contribution in [0.4, 0.5) is 0 Å². The van der Waals surface area contributed by atoms with Crippen LogP contribution in [0.1, 0.15) is 17.7 Å². The Labute approximate surface area is 109 Å². The van der Waals surface area contributed by atoms with Gasteiger partial charge in [-0.1, -0.05) is 6.07 Å². The first kappa shape index (κ1) is 13.0. The zero-order chi connectivity index (χ0) is 13.0. The number of carbonyl (C=O) groups is 2. The average molecular weight is 268 g/mol. The first-order chi connectivity index (χ1) is 8.66. The smallest absolute Gasteiger partial charge is 0.320 e. The van der Waals surface area contributed by atoms with E-state index in [0.29, 0.717) is 19.5 Å². The molecule has 18 heavy (non-hydrogen) atoms. The summed E-state index contributed by atoms with van der Waals surface area (Å²) in [5, 5.41) is 13.8. The van der Waals surface area contributed by atoms with Crippen molar-refractivity contribution in [2.24, 2.45) is 0 Å². The fraction of sp³-hybridized carbons (Fsp3) is 0.500. The number of nitrogens with zero attached hydrogens (tertiary/aromatic N) is 1. The van der Waals surface area contributed by atoms with E-state index < -0.39 is 12.0 Å². The number of carbonyl (C=O) groups excluding carboxylic acids is 1. The molecule has 1 aliphatic rings. The van der Waals surface area contributed by atoms with Crippen molar-refractivity contribution >= 4 is 23.2 Å². The van der Waals surface area contributed by atoms with E-state index in [1.165, 1.54) is 0 Å². The molecule has 1 aromatic heterocycles. The highest BCUT2D eigenvalue weighted by atomic mass is 32.1. The summed E-state index contributed by atoms with van der Waals surface area (Å²) in [5.41, 5.74) is 0. The number of nitrogens with one attached hydrogen (secondary N) is 1. The van der Waals surface area contributed by atoms with Crippen molar-refractivity contribution in [2.75, 3.05) is 13.1 Å². The molecule has 0 aliphatic carbocycles. The number of thiophene rings is 1. The highest BCUT2D eigenvalue weighted by molar-refractivity contribution is 7.09. The van der Waals surface area contributed by atoms with Crippen molar-refractivity contribution in [1.82, 2.24) is 10.2 Å². The molecule has 2 heterocycles. The molecule has 0 bridgehead atoms. The van der Waals surface area contributed by atoms with Gasteiger partial charge in [-0.25, -0.2) is 0 Å². The van der Waals surface area contributed by atoms with Crippen LogP contribution >= 0.6 is 11.3 Å². The molecular formula is C12H16N2O3S. The van der Waals surface area contributed by atoms with E-state index in [-0.39, 0.29) is 12.5 Å². The largest absolute Gasteiger partial charge is 0.480 e. The first-order valence-electron chi connectivity index (χ1n) is 5.93. The minimum Gasteiger partial charge on any atom is -0.480 e. The quantitative estimate of drug-likeness (QED) is 0.833. The summed E-state index contributed by atoms with van der Waals surface area (Å²) in [6.45, 7) is 1.37. The van der Waals surface area contributed by atoms with Gasteiger partial charge in [0.2, 0.25) is 5.91 Å². The van der Waals surface area contributed by atoms with Crippen LogP contribution in [0.2, 0.25) is 0 Å². The molecule has 1 amide bonds. The maximum atomic E-state index is 11.7. The van der Waals surface area contributed by atoms with Crippen LogP contribution in [0.25, 0.3) is 0 Å². The van der Waals surface area contributed by atoms with Gasteiger partial charge in [-0.15, -0.1) is 11.3 Å². The van der Waals surface area contributed by atoms with Crippen LogP contribution in [0.15, 0.2) is 17.5 Å². The van der Waals surface area contributed by atoms with Crippen molar-refractivity contribution in [2.45, 2.75) is 25.4 Å². The van der Waals surface area contributed by atoms with Gasteiger partial charge in [0.05, 0.1) is 13.1 Å². The lowest BCUT2D eigenvalue weighted by molar-refractivity contribution is -0.142. The van der Waals surface area contributed by atoms with Gasteiger partial charge in [-0.05, 0) is 30.8 Å². The van der Waals surface area contributed by atoms with E-state index in [4.69, 9.17) is 5.11 Å². The molecule has 0 radical (unpaired) electrons. The van der Waals surface area contributed by atoms with Crippen molar-refractivity contribution in [3.8, 4) is 0 Å². The summed E-state index contributed by atoms with van der Waals surface area (Å²) in [6, 6.07) is 3.39. The van der Waals surface area contributed by atoms with Crippen molar-refractivity contribution < 1.29 is 14.7 Å². The third-order valence-corrected chi connectivity index (χ3v) is 3.91. The van der Waals surface area contributed by atoms with Crippen molar-refractivity contribution in [3.63, 3.8) is 0 Å². The summed E-state index contributed by atoms with van der Waals surface area (Å²) in [4.78, 5) is 25.5. The molecule has 5 nitrogen and oxygen atoms in total. The summed E-state index contributed by atoms with van der Waals surface area (Å²) < 4.78 is 0. The van der Waals surface area contributed by atoms with Gasteiger partial charge in [0, 0.05) is 4.88 Å². The van der Waals surface area contributed by atoms with Gasteiger partial charge < -0.3 is 10.4 Å². The number of carboxylic acid groups (broad SMARTS) is 1. The minimum atomic E-state index is -0.835. The van der Waals surface area contributed by atoms with E-state index in [0.717, 1.165) is 11.3 Å². The van der Waals surface area contributed by atoms with Crippen LogP contribution in [0, 0.1) is 0 Å². The van der Waals surface area contributed by atoms with Gasteiger partial charge in [0.1, 0.15) is 6.04 Å². The van der Waals surface area contributed by atoms with Crippen LogP contribution in [0.5, 0.6) is 0 Å². The van der Waals surface area contributed by atoms with Crippen LogP contribution in [0.3, 0.4) is 0 Å². The predicted molar refractivity (Wildman–Crippen MR) is 68.4 cm³/mol. The number of hydrogen-bond acceptors (Lipinski definition) is 4. The Bertz CT molecular complexity index is 419. The fourth-order valence-electron chi connectivity index (χ4n) is 2.13. The molecule has 2 rings (SSSR count). The Morgan fingerprint density at radius 2 is 2.39 bits per heavy atom. The molecular weight excluding hydrogens is 252 g/mol. The normalized spacial score (nSPS) is 19.9. The standard InChI is InChI=1S/C12H16N2O3S/c15-11(13-7-9-3-2-6-18-9)8-14-5-1-4-10(14)12(16)17/h2-3,6,10H,1,4-5,7-8H2,(H,13,15)(H,16,17). The second kappa shape index (κ2) is 5.97. The van der Waals surface area contributed by atoms with Crippen molar-refractivity contribution in [1.29, 1.82) is 0 Å². The lowest BCUT2D eigenvalue weighted by atomic mass is 10.2. The van der Waals surface area contributed by atoms with E-state index in [1.54, 1.807) is 16.2 Å². The predicted octanol–water partition coefficient (Wildman–Crippen LogP) is 0.913. The monoisotopic (exact) mass is 268 g/mol. The van der Waals surface area contributed by atoms with Gasteiger partial charge in [-0.3, -0.25) is 14.5 Å². The lowest BCUT2D eigenvalue weighted by Crippen LogP contribution is -2.42. The minimum absolute atomic E-state index is 0.114. The zero-order valence-corrected chi connectivity index (χ0v) is 10.8. The molecule has 1 aliphatic heterocycles. The molecule has 0 aromatic carbocycles. The molecule has 0 saturated carbocycles. The van der Waals surface area contributed by atoms with E-state index in [1.807, 2.05) is 17.5 Å². The maximum absolute atomic E-state index is 11.7. The highest BCUT2D eigenvalue weighted by Gasteiger charge is 2.31. The van der Waals surface area contributed by atoms with Crippen LogP contribution in [-0.4, -0.2) is 41.0 Å². The number of hydrogen-bond donors (Lipinski definition) is 2. The molecule has 0 spiro atoms. The average Bonchev–Trinajstić information content (AvgIpc) is 2.96. The number of carboxylic acids is 1. The lowest BCUT2D eigenvalue weighted by Gasteiger charge is -2.20. The summed E-state index contributed by atoms with van der Waals surface area (Å²) in [7, 11) is 0. The number of aliphatic carboxylic acids is 1. The highest BCUT2D eigenvalue weighted by Crippen LogP contribution is 2.16. The molecule has 1 fully saturated rings. The molecule has 2 N–H and O–H groups in total. The third kappa shape index (κ3) is 3.30. The summed E-state index contributed by atoms with van der Waals surface area (Å²) >= 11 is 1.59. The van der Waals surface area contributed by atoms with Gasteiger partial charge in [0.15, 0.2) is 0 Å². The SMILES string of the molecule is O=C(CN1CCCC1C(=O)O)NCc1cccs1. The maximum Gasteiger partial charge on any atom is 0.320 e. The molecule has 1 saturated heterocycles. The first-order valence-corrected chi connectivity index (χ1v) is 6.80. The summed E-state index contributed by atoms with van der Waals surface area (Å²) in [5.74, 6) is -0.949. The Morgan fingerprint density at radius 3 is 3.06 bits per heavy atom. The van der Waals surface area contributed by atoms with Crippen LogP contribution < -0.4 is 5.32 Å². The Balaban J connectivity index is 1.78. The number of amides is 1. The molecule has 98 valence electrons. The summed E-state index contributed by atoms with van der Waals surface area (Å²) in [6.07, 6.45) is 1.47. The fourth-order valence-corrected chi connectivity index (χ4v) is 2.78. The molecule has 1 unspecified atom stereocenters. The second-order valence-corrected chi connectivity index (χ2v) is 5.36. The number of rotatable bonds is 5. The molecule has 6 heteroatoms. The Kier molecular flexibility index (Phi) is 4.33. The van der Waals surface area contributed by atoms with E-state index >= 15 is 0 Å². The number of likely N-dealkylation sites (tertiary alicyclic amines) is 1.